The number of amides is 1. The lowest BCUT2D eigenvalue weighted by Gasteiger charge is -2.23. The second-order valence-electron chi connectivity index (χ2n) is 4.64. The summed E-state index contributed by atoms with van der Waals surface area (Å²) < 4.78 is 0. The summed E-state index contributed by atoms with van der Waals surface area (Å²) in [7, 11) is 1.71. The molecule has 3 N–H and O–H groups in total. The van der Waals surface area contributed by atoms with Crippen molar-refractivity contribution < 1.29 is 10.0 Å². The maximum Gasteiger partial charge on any atom is 0.237 e. The van der Waals surface area contributed by atoms with Crippen molar-refractivity contribution in [3.63, 3.8) is 0 Å². The molecular weight excluding hydrogens is 286 g/mol. The standard InChI is InChI=1S/C15H17N3O2S/c1-18(10-12-8-5-9-21-12)15(19)13(14(16)17-20)11-6-3-2-4-7-11/h2-9,13,20H,10H2,1H3,(H2,16,17). The minimum absolute atomic E-state index is 0.107. The molecule has 0 aliphatic rings. The Hall–Kier alpha value is -2.34. The third-order valence-corrected chi connectivity index (χ3v) is 4.00. The zero-order valence-electron chi connectivity index (χ0n) is 11.6. The van der Waals surface area contributed by atoms with Gasteiger partial charge in [-0.25, -0.2) is 0 Å². The van der Waals surface area contributed by atoms with Crippen molar-refractivity contribution in [1.82, 2.24) is 4.90 Å². The summed E-state index contributed by atoms with van der Waals surface area (Å²) in [6.45, 7) is 0.499. The Balaban J connectivity index is 2.22. The molecule has 0 bridgehead atoms. The second kappa shape index (κ2) is 6.90. The van der Waals surface area contributed by atoms with Gasteiger partial charge in [-0.05, 0) is 17.0 Å². The summed E-state index contributed by atoms with van der Waals surface area (Å²) in [5.74, 6) is -1.09. The summed E-state index contributed by atoms with van der Waals surface area (Å²) >= 11 is 1.59. The molecule has 0 aliphatic heterocycles. The predicted octanol–water partition coefficient (Wildman–Crippen LogP) is 2.24. The van der Waals surface area contributed by atoms with Gasteiger partial charge in [0.15, 0.2) is 5.84 Å². The van der Waals surface area contributed by atoms with E-state index in [2.05, 4.69) is 5.16 Å². The number of oxime groups is 1. The molecule has 21 heavy (non-hydrogen) atoms. The fourth-order valence-corrected chi connectivity index (χ4v) is 2.83. The van der Waals surface area contributed by atoms with Gasteiger partial charge in [0, 0.05) is 11.9 Å². The summed E-state index contributed by atoms with van der Waals surface area (Å²) in [6, 6.07) is 13.0. The molecule has 1 heterocycles. The van der Waals surface area contributed by atoms with Gasteiger partial charge in [-0.2, -0.15) is 0 Å². The smallest absolute Gasteiger partial charge is 0.237 e. The van der Waals surface area contributed by atoms with Crippen molar-refractivity contribution in [2.45, 2.75) is 12.5 Å². The fraction of sp³-hybridized carbons (Fsp3) is 0.200. The molecule has 5 nitrogen and oxygen atoms in total. The van der Waals surface area contributed by atoms with Crippen LogP contribution in [0.5, 0.6) is 0 Å². The number of carbonyl (C=O) groups is 1. The summed E-state index contributed by atoms with van der Waals surface area (Å²) in [4.78, 5) is 15.3. The van der Waals surface area contributed by atoms with Gasteiger partial charge < -0.3 is 15.8 Å². The van der Waals surface area contributed by atoms with Crippen LogP contribution in [0.25, 0.3) is 0 Å². The van der Waals surface area contributed by atoms with E-state index in [0.717, 1.165) is 4.88 Å². The molecule has 2 rings (SSSR count). The van der Waals surface area contributed by atoms with Crippen LogP contribution in [0.1, 0.15) is 16.4 Å². The molecule has 0 radical (unpaired) electrons. The molecule has 110 valence electrons. The molecular formula is C15H17N3O2S. The summed E-state index contributed by atoms with van der Waals surface area (Å²) in [5, 5.41) is 13.9. The highest BCUT2D eigenvalue weighted by Crippen LogP contribution is 2.20. The van der Waals surface area contributed by atoms with Crippen molar-refractivity contribution in [2.75, 3.05) is 7.05 Å². The minimum Gasteiger partial charge on any atom is -0.409 e. The highest BCUT2D eigenvalue weighted by Gasteiger charge is 2.28. The molecule has 0 saturated heterocycles. The second-order valence-corrected chi connectivity index (χ2v) is 5.67. The number of carbonyl (C=O) groups excluding carboxylic acids is 1. The van der Waals surface area contributed by atoms with Gasteiger partial charge in [-0.15, -0.1) is 11.3 Å². The van der Waals surface area contributed by atoms with Gasteiger partial charge in [0.2, 0.25) is 5.91 Å². The van der Waals surface area contributed by atoms with Crippen LogP contribution in [-0.2, 0) is 11.3 Å². The molecule has 6 heteroatoms. The van der Waals surface area contributed by atoms with Crippen LogP contribution in [0.3, 0.4) is 0 Å². The number of thiophene rings is 1. The van der Waals surface area contributed by atoms with E-state index in [1.807, 2.05) is 35.7 Å². The number of rotatable bonds is 5. The van der Waals surface area contributed by atoms with Crippen LogP contribution in [0.15, 0.2) is 53.0 Å². The quantitative estimate of drug-likeness (QED) is 0.385. The van der Waals surface area contributed by atoms with Crippen molar-refractivity contribution in [1.29, 1.82) is 0 Å². The van der Waals surface area contributed by atoms with Gasteiger partial charge in [0.05, 0.1) is 6.54 Å². The molecule has 0 spiro atoms. The number of nitrogens with zero attached hydrogens (tertiary/aromatic N) is 2. The maximum absolute atomic E-state index is 12.6. The van der Waals surface area contributed by atoms with E-state index >= 15 is 0 Å². The van der Waals surface area contributed by atoms with Crippen molar-refractivity contribution in [2.24, 2.45) is 10.9 Å². The number of hydrogen-bond acceptors (Lipinski definition) is 4. The number of nitrogens with two attached hydrogens (primary N) is 1. The SMILES string of the molecule is CN(Cc1cccs1)C(=O)C(C(N)=NO)c1ccccc1. The fourth-order valence-electron chi connectivity index (χ4n) is 2.08. The molecule has 1 unspecified atom stereocenters. The lowest BCUT2D eigenvalue weighted by atomic mass is 9.96. The highest BCUT2D eigenvalue weighted by atomic mass is 32.1. The van der Waals surface area contributed by atoms with Gasteiger partial charge in [0.25, 0.3) is 0 Å². The highest BCUT2D eigenvalue weighted by molar-refractivity contribution is 7.09. The zero-order valence-corrected chi connectivity index (χ0v) is 12.5. The van der Waals surface area contributed by atoms with Crippen molar-refractivity contribution >= 4 is 23.1 Å². The molecule has 0 saturated carbocycles. The van der Waals surface area contributed by atoms with Crippen molar-refractivity contribution in [3.8, 4) is 0 Å². The van der Waals surface area contributed by atoms with E-state index in [4.69, 9.17) is 10.9 Å². The molecule has 2 aromatic rings. The Labute approximate surface area is 127 Å². The first-order chi connectivity index (χ1) is 10.1. The zero-order chi connectivity index (χ0) is 15.2. The molecule has 0 aliphatic carbocycles. The van der Waals surface area contributed by atoms with Crippen LogP contribution >= 0.6 is 11.3 Å². The number of likely N-dealkylation sites (N-methyl/N-ethyl adjacent to an activating group) is 1. The lowest BCUT2D eigenvalue weighted by molar-refractivity contribution is -0.130. The largest absolute Gasteiger partial charge is 0.409 e. The predicted molar refractivity (Wildman–Crippen MR) is 83.4 cm³/mol. The Morgan fingerprint density at radius 3 is 2.62 bits per heavy atom. The van der Waals surface area contributed by atoms with E-state index in [9.17, 15) is 4.79 Å². The molecule has 1 atom stereocenters. The first-order valence-corrected chi connectivity index (χ1v) is 7.31. The van der Waals surface area contributed by atoms with E-state index < -0.39 is 5.92 Å². The molecule has 1 aromatic heterocycles. The summed E-state index contributed by atoms with van der Waals surface area (Å²) in [5.41, 5.74) is 6.42. The Morgan fingerprint density at radius 2 is 2.05 bits per heavy atom. The normalized spacial score (nSPS) is 12.9. The Kier molecular flexibility index (Phi) is 4.94. The third-order valence-electron chi connectivity index (χ3n) is 3.14. The van der Waals surface area contributed by atoms with Gasteiger partial charge >= 0.3 is 0 Å². The van der Waals surface area contributed by atoms with Crippen LogP contribution in [0, 0.1) is 0 Å². The average molecular weight is 303 g/mol. The van der Waals surface area contributed by atoms with E-state index in [-0.39, 0.29) is 11.7 Å². The van der Waals surface area contributed by atoms with E-state index in [1.54, 1.807) is 35.4 Å². The van der Waals surface area contributed by atoms with Crippen LogP contribution in [-0.4, -0.2) is 28.9 Å². The molecule has 0 fully saturated rings. The van der Waals surface area contributed by atoms with Crippen LogP contribution < -0.4 is 5.73 Å². The maximum atomic E-state index is 12.6. The number of hydrogen-bond donors (Lipinski definition) is 2. The van der Waals surface area contributed by atoms with Gasteiger partial charge in [-0.3, -0.25) is 4.79 Å². The Morgan fingerprint density at radius 1 is 1.33 bits per heavy atom. The first kappa shape index (κ1) is 15.1. The van der Waals surface area contributed by atoms with Crippen LogP contribution in [0.4, 0.5) is 0 Å². The molecule has 1 amide bonds. The van der Waals surface area contributed by atoms with E-state index in [1.165, 1.54) is 0 Å². The average Bonchev–Trinajstić information content (AvgIpc) is 3.01. The lowest BCUT2D eigenvalue weighted by Crippen LogP contribution is -2.38. The monoisotopic (exact) mass is 303 g/mol. The third kappa shape index (κ3) is 3.61. The minimum atomic E-state index is -0.777. The first-order valence-electron chi connectivity index (χ1n) is 6.43. The van der Waals surface area contributed by atoms with E-state index in [0.29, 0.717) is 12.1 Å². The number of amidine groups is 1. The van der Waals surface area contributed by atoms with Crippen molar-refractivity contribution in [3.05, 3.63) is 58.3 Å². The van der Waals surface area contributed by atoms with Gasteiger partial charge in [0.1, 0.15) is 5.92 Å². The topological polar surface area (TPSA) is 78.9 Å². The molecule has 1 aromatic carbocycles. The van der Waals surface area contributed by atoms with Crippen LogP contribution in [0.2, 0.25) is 0 Å². The Bertz CT molecular complexity index is 611. The summed E-state index contributed by atoms with van der Waals surface area (Å²) in [6.07, 6.45) is 0. The number of benzene rings is 1. The van der Waals surface area contributed by atoms with Gasteiger partial charge in [-0.1, -0.05) is 41.6 Å².